The summed E-state index contributed by atoms with van der Waals surface area (Å²) < 4.78 is 4.97. The predicted molar refractivity (Wildman–Crippen MR) is 48.6 cm³/mol. The molecule has 1 aliphatic rings. The zero-order chi connectivity index (χ0) is 10.9. The molecule has 0 bridgehead atoms. The van der Waals surface area contributed by atoms with Crippen LogP contribution in [-0.2, 0) is 4.74 Å². The summed E-state index contributed by atoms with van der Waals surface area (Å²) >= 11 is 0. The van der Waals surface area contributed by atoms with Crippen molar-refractivity contribution in [1.82, 2.24) is 0 Å². The maximum Gasteiger partial charge on any atom is 0.164 e. The second-order valence-corrected chi connectivity index (χ2v) is 3.23. The van der Waals surface area contributed by atoms with E-state index >= 15 is 0 Å². The Balaban J connectivity index is 2.91. The van der Waals surface area contributed by atoms with E-state index in [0.29, 0.717) is 0 Å². The molecule has 0 spiro atoms. The fraction of sp³-hybridized carbons (Fsp3) is 0.714. The van der Waals surface area contributed by atoms with Gasteiger partial charge in [-0.15, -0.1) is 0 Å². The van der Waals surface area contributed by atoms with E-state index in [1.165, 1.54) is 7.85 Å². The van der Waals surface area contributed by atoms with E-state index < -0.39 is 42.4 Å². The Hall–Kier alpha value is -0.755. The molecule has 5 N–H and O–H groups in total. The molecule has 0 saturated carbocycles. The molecule has 4 atom stereocenters. The van der Waals surface area contributed by atoms with Crippen molar-refractivity contribution in [3.63, 3.8) is 0 Å². The van der Waals surface area contributed by atoms with E-state index in [2.05, 4.69) is 0 Å². The lowest BCUT2D eigenvalue weighted by molar-refractivity contribution is -0.136. The van der Waals surface area contributed by atoms with Crippen molar-refractivity contribution in [2.24, 2.45) is 0 Å². The van der Waals surface area contributed by atoms with E-state index in [9.17, 15) is 20.4 Å². The maximum atomic E-state index is 9.36. The number of rotatable bonds is 2. The summed E-state index contributed by atoms with van der Waals surface area (Å²) in [5.41, 5.74) is 0. The first-order chi connectivity index (χ1) is 6.49. The van der Waals surface area contributed by atoms with Gasteiger partial charge in [0, 0.05) is 6.00 Å². The summed E-state index contributed by atoms with van der Waals surface area (Å²) in [6.45, 7) is -0.536. The van der Waals surface area contributed by atoms with Crippen molar-refractivity contribution in [3.05, 3.63) is 11.5 Å². The zero-order valence-corrected chi connectivity index (χ0v) is 7.66. The molecule has 0 radical (unpaired) electrons. The van der Waals surface area contributed by atoms with Crippen LogP contribution in [0, 0.1) is 0 Å². The van der Waals surface area contributed by atoms with Crippen molar-refractivity contribution in [1.29, 1.82) is 0 Å². The summed E-state index contributed by atoms with van der Waals surface area (Å²) in [6, 6.07) is -1.02. The van der Waals surface area contributed by atoms with E-state index in [4.69, 9.17) is 9.84 Å². The van der Waals surface area contributed by atoms with Crippen LogP contribution in [0.4, 0.5) is 0 Å². The average Bonchev–Trinajstić information content (AvgIpc) is 2.14. The lowest BCUT2D eigenvalue weighted by Gasteiger charge is -2.33. The zero-order valence-electron chi connectivity index (χ0n) is 7.66. The summed E-state index contributed by atoms with van der Waals surface area (Å²) in [5.74, 6) is -1.27. The van der Waals surface area contributed by atoms with Crippen molar-refractivity contribution in [3.8, 4) is 0 Å². The lowest BCUT2D eigenvalue weighted by atomic mass is 9.88. The van der Waals surface area contributed by atoms with Crippen LogP contribution in [0.15, 0.2) is 11.5 Å². The number of aliphatic hydroxyl groups excluding tert-OH is 5. The largest absolute Gasteiger partial charge is 0.506 e. The van der Waals surface area contributed by atoms with Crippen molar-refractivity contribution >= 4 is 7.85 Å². The van der Waals surface area contributed by atoms with E-state index in [-0.39, 0.29) is 0 Å². The molecule has 0 aromatic heterocycles. The number of ether oxygens (including phenoxy) is 1. The van der Waals surface area contributed by atoms with E-state index in [1.807, 2.05) is 0 Å². The van der Waals surface area contributed by atoms with Crippen LogP contribution < -0.4 is 0 Å². The van der Waals surface area contributed by atoms with Crippen LogP contribution in [0.25, 0.3) is 0 Å². The fourth-order valence-corrected chi connectivity index (χ4v) is 1.31. The molecule has 80 valence electrons. The number of hydrogen-bond acceptors (Lipinski definition) is 6. The molecule has 0 saturated heterocycles. The van der Waals surface area contributed by atoms with Crippen LogP contribution in [0.2, 0.25) is 0 Å². The number of aliphatic hydroxyl groups is 5. The Kier molecular flexibility index (Phi) is 3.38. The minimum atomic E-state index is -1.47. The third kappa shape index (κ3) is 1.85. The van der Waals surface area contributed by atoms with Gasteiger partial charge in [-0.3, -0.25) is 0 Å². The molecule has 1 rings (SSSR count). The molecule has 1 aliphatic heterocycles. The topological polar surface area (TPSA) is 110 Å². The highest BCUT2D eigenvalue weighted by atomic mass is 16.5. The minimum absolute atomic E-state index is 0.536. The van der Waals surface area contributed by atoms with Gasteiger partial charge in [0.15, 0.2) is 11.5 Å². The van der Waals surface area contributed by atoms with Gasteiger partial charge >= 0.3 is 0 Å². The molecule has 14 heavy (non-hydrogen) atoms. The van der Waals surface area contributed by atoms with Gasteiger partial charge in [0.2, 0.25) is 0 Å². The summed E-state index contributed by atoms with van der Waals surface area (Å²) in [4.78, 5) is 0. The summed E-state index contributed by atoms with van der Waals surface area (Å²) in [5, 5.41) is 45.8. The highest BCUT2D eigenvalue weighted by molar-refractivity contribution is 6.11. The van der Waals surface area contributed by atoms with Crippen molar-refractivity contribution < 1.29 is 30.3 Å². The van der Waals surface area contributed by atoms with Gasteiger partial charge < -0.3 is 30.3 Å². The van der Waals surface area contributed by atoms with Gasteiger partial charge in [-0.05, 0) is 0 Å². The Bertz CT molecular complexity index is 240. The van der Waals surface area contributed by atoms with Crippen molar-refractivity contribution in [2.45, 2.75) is 24.3 Å². The third-order valence-corrected chi connectivity index (χ3v) is 2.12. The molecule has 7 heteroatoms. The van der Waals surface area contributed by atoms with Gasteiger partial charge in [0.1, 0.15) is 26.2 Å². The van der Waals surface area contributed by atoms with Gasteiger partial charge in [-0.1, -0.05) is 0 Å². The van der Waals surface area contributed by atoms with Crippen LogP contribution in [0.3, 0.4) is 0 Å². The standard InChI is InChI=1S/C7H13BO6/c8-7(13)6-5(12)4(11)3(10)2(1-9)14-6/h2,5-7,9-13H,1,8H2/t2?,5?,6-,7?/m0/s1. The van der Waals surface area contributed by atoms with Gasteiger partial charge in [-0.2, -0.15) is 0 Å². The molecule has 0 fully saturated rings. The van der Waals surface area contributed by atoms with Crippen LogP contribution >= 0.6 is 0 Å². The van der Waals surface area contributed by atoms with Gasteiger partial charge in [0.25, 0.3) is 0 Å². The number of hydrogen-bond donors (Lipinski definition) is 5. The van der Waals surface area contributed by atoms with Gasteiger partial charge in [0.05, 0.1) is 6.61 Å². The normalized spacial score (nSPS) is 35.8. The second kappa shape index (κ2) is 4.18. The lowest BCUT2D eigenvalue weighted by Crippen LogP contribution is -2.49. The Morgan fingerprint density at radius 1 is 1.36 bits per heavy atom. The molecule has 0 aliphatic carbocycles. The molecule has 0 aromatic carbocycles. The van der Waals surface area contributed by atoms with Crippen LogP contribution in [-0.4, -0.2) is 64.3 Å². The Labute approximate surface area is 81.5 Å². The predicted octanol–water partition coefficient (Wildman–Crippen LogP) is -2.61. The molecule has 1 heterocycles. The first kappa shape index (κ1) is 11.3. The highest BCUT2D eigenvalue weighted by Gasteiger charge is 2.39. The minimum Gasteiger partial charge on any atom is -0.506 e. The molecule has 0 amide bonds. The maximum absolute atomic E-state index is 9.36. The average molecular weight is 204 g/mol. The van der Waals surface area contributed by atoms with E-state index in [1.54, 1.807) is 0 Å². The van der Waals surface area contributed by atoms with E-state index in [0.717, 1.165) is 0 Å². The SMILES string of the molecule is BC(O)[C@H]1OC(CO)C(O)=C(O)C1O. The summed E-state index contributed by atoms with van der Waals surface area (Å²) in [7, 11) is 1.37. The van der Waals surface area contributed by atoms with Crippen LogP contribution in [0.5, 0.6) is 0 Å². The third-order valence-electron chi connectivity index (χ3n) is 2.12. The quantitative estimate of drug-likeness (QED) is 0.315. The smallest absolute Gasteiger partial charge is 0.164 e. The fourth-order valence-electron chi connectivity index (χ4n) is 1.31. The Morgan fingerprint density at radius 2 is 1.93 bits per heavy atom. The monoisotopic (exact) mass is 204 g/mol. The molecule has 6 nitrogen and oxygen atoms in total. The van der Waals surface area contributed by atoms with Crippen molar-refractivity contribution in [2.75, 3.05) is 6.61 Å². The second-order valence-electron chi connectivity index (χ2n) is 3.23. The van der Waals surface area contributed by atoms with Gasteiger partial charge in [-0.25, -0.2) is 0 Å². The summed E-state index contributed by atoms with van der Waals surface area (Å²) in [6.07, 6.45) is -3.63. The molecule has 0 aromatic rings. The highest BCUT2D eigenvalue weighted by Crippen LogP contribution is 2.24. The first-order valence-electron chi connectivity index (χ1n) is 4.23. The van der Waals surface area contributed by atoms with Crippen LogP contribution in [0.1, 0.15) is 0 Å². The first-order valence-corrected chi connectivity index (χ1v) is 4.23. The Morgan fingerprint density at radius 3 is 2.36 bits per heavy atom. The molecular formula is C7H13BO6. The molecular weight excluding hydrogens is 191 g/mol. The molecule has 3 unspecified atom stereocenters.